The summed E-state index contributed by atoms with van der Waals surface area (Å²) in [6.07, 6.45) is 4.34. The third-order valence-electron chi connectivity index (χ3n) is 10.3. The minimum Gasteiger partial charge on any atom is -0.296 e. The van der Waals surface area contributed by atoms with E-state index in [0.717, 1.165) is 24.2 Å². The van der Waals surface area contributed by atoms with Gasteiger partial charge in [0.25, 0.3) is 0 Å². The summed E-state index contributed by atoms with van der Waals surface area (Å²) in [6.45, 7) is 29.8. The Balaban J connectivity index is 1.70. The van der Waals surface area contributed by atoms with Crippen molar-refractivity contribution in [3.8, 4) is 17.1 Å². The molecule has 0 fully saturated rings. The van der Waals surface area contributed by atoms with E-state index in [4.69, 9.17) is 4.98 Å². The second-order valence-electron chi connectivity index (χ2n) is 18.0. The van der Waals surface area contributed by atoms with Crippen LogP contribution in [0.25, 0.3) is 17.1 Å². The molecular formula is C47H60N2. The first-order chi connectivity index (χ1) is 22.8. The molecule has 1 heterocycles. The van der Waals surface area contributed by atoms with E-state index in [9.17, 15) is 0 Å². The van der Waals surface area contributed by atoms with Crippen molar-refractivity contribution in [1.29, 1.82) is 0 Å². The van der Waals surface area contributed by atoms with Crippen LogP contribution in [0.15, 0.2) is 97.2 Å². The first-order valence-corrected chi connectivity index (χ1v) is 18.3. The molecule has 0 atom stereocenters. The zero-order valence-corrected chi connectivity index (χ0v) is 32.6. The van der Waals surface area contributed by atoms with Crippen molar-refractivity contribution >= 4 is 0 Å². The average molecular weight is 653 g/mol. The molecule has 5 aromatic rings. The van der Waals surface area contributed by atoms with Gasteiger partial charge in [-0.25, -0.2) is 4.98 Å². The fourth-order valence-electron chi connectivity index (χ4n) is 7.19. The number of aryl methyl sites for hydroxylation is 1. The molecule has 258 valence electrons. The highest BCUT2D eigenvalue weighted by Crippen LogP contribution is 2.39. The van der Waals surface area contributed by atoms with Gasteiger partial charge in [0.1, 0.15) is 5.82 Å². The summed E-state index contributed by atoms with van der Waals surface area (Å²) in [5.74, 6) is 1.09. The normalized spacial score (nSPS) is 12.9. The van der Waals surface area contributed by atoms with Gasteiger partial charge in [-0.1, -0.05) is 168 Å². The van der Waals surface area contributed by atoms with Crippen LogP contribution in [0.4, 0.5) is 0 Å². The highest BCUT2D eigenvalue weighted by molar-refractivity contribution is 5.64. The lowest BCUT2D eigenvalue weighted by Crippen LogP contribution is -2.22. The fraction of sp³-hybridized carbons (Fsp3) is 0.426. The maximum absolute atomic E-state index is 5.21. The number of rotatable bonds is 8. The topological polar surface area (TPSA) is 17.8 Å². The Morgan fingerprint density at radius 1 is 0.592 bits per heavy atom. The van der Waals surface area contributed by atoms with Crippen molar-refractivity contribution in [2.24, 2.45) is 0 Å². The van der Waals surface area contributed by atoms with Gasteiger partial charge in [-0.3, -0.25) is 4.57 Å². The molecule has 0 amide bonds. The third-order valence-corrected chi connectivity index (χ3v) is 10.3. The van der Waals surface area contributed by atoms with Crippen LogP contribution in [0.2, 0.25) is 0 Å². The van der Waals surface area contributed by atoms with E-state index in [1.807, 2.05) is 0 Å². The monoisotopic (exact) mass is 652 g/mol. The quantitative estimate of drug-likeness (QED) is 0.153. The Bertz CT molecular complexity index is 1820. The summed E-state index contributed by atoms with van der Waals surface area (Å²) >= 11 is 0. The Morgan fingerprint density at radius 3 is 1.57 bits per heavy atom. The highest BCUT2D eigenvalue weighted by Gasteiger charge is 2.29. The van der Waals surface area contributed by atoms with E-state index in [2.05, 4.69) is 192 Å². The van der Waals surface area contributed by atoms with Gasteiger partial charge < -0.3 is 0 Å². The van der Waals surface area contributed by atoms with Gasteiger partial charge in [0.05, 0.1) is 5.69 Å². The minimum absolute atomic E-state index is 0.0289. The highest BCUT2D eigenvalue weighted by atomic mass is 15.1. The van der Waals surface area contributed by atoms with Gasteiger partial charge in [-0.2, -0.15) is 0 Å². The van der Waals surface area contributed by atoms with Crippen LogP contribution in [-0.4, -0.2) is 9.55 Å². The molecule has 0 saturated carbocycles. The molecule has 0 N–H and O–H groups in total. The lowest BCUT2D eigenvalue weighted by Gasteiger charge is -2.28. The summed E-state index contributed by atoms with van der Waals surface area (Å²) in [6, 6.07) is 34.7. The van der Waals surface area contributed by atoms with Crippen LogP contribution in [0.3, 0.4) is 0 Å². The molecule has 1 aromatic heterocycles. The molecule has 0 spiro atoms. The Labute approximate surface area is 298 Å². The van der Waals surface area contributed by atoms with E-state index in [-0.39, 0.29) is 27.6 Å². The summed E-state index contributed by atoms with van der Waals surface area (Å²) in [5, 5.41) is 0. The van der Waals surface area contributed by atoms with Gasteiger partial charge in [0.2, 0.25) is 0 Å². The molecule has 5 rings (SSSR count). The van der Waals surface area contributed by atoms with Crippen molar-refractivity contribution in [1.82, 2.24) is 9.55 Å². The summed E-state index contributed by atoms with van der Waals surface area (Å²) in [7, 11) is 0. The van der Waals surface area contributed by atoms with Gasteiger partial charge >= 0.3 is 0 Å². The lowest BCUT2D eigenvalue weighted by atomic mass is 9.80. The first-order valence-electron chi connectivity index (χ1n) is 18.3. The Kier molecular flexibility index (Phi) is 9.97. The molecule has 0 aliphatic carbocycles. The first kappa shape index (κ1) is 36.4. The molecule has 4 aromatic carbocycles. The third kappa shape index (κ3) is 7.80. The molecule has 0 radical (unpaired) electrons. The van der Waals surface area contributed by atoms with E-state index < -0.39 is 0 Å². The average Bonchev–Trinajstić information content (AvgIpc) is 3.47. The Morgan fingerprint density at radius 2 is 1.10 bits per heavy atom. The zero-order chi connectivity index (χ0) is 35.9. The van der Waals surface area contributed by atoms with Crippen molar-refractivity contribution in [3.05, 3.63) is 142 Å². The second-order valence-corrected chi connectivity index (χ2v) is 18.0. The predicted molar refractivity (Wildman–Crippen MR) is 212 cm³/mol. The number of aromatic nitrogens is 2. The van der Waals surface area contributed by atoms with Crippen LogP contribution >= 0.6 is 0 Å². The van der Waals surface area contributed by atoms with E-state index in [1.54, 1.807) is 0 Å². The maximum Gasteiger partial charge on any atom is 0.144 e. The van der Waals surface area contributed by atoms with Gasteiger partial charge in [-0.15, -0.1) is 0 Å². The zero-order valence-electron chi connectivity index (χ0n) is 32.6. The van der Waals surface area contributed by atoms with Gasteiger partial charge in [0, 0.05) is 28.8 Å². The van der Waals surface area contributed by atoms with Crippen LogP contribution in [0, 0.1) is 6.92 Å². The van der Waals surface area contributed by atoms with Crippen LogP contribution < -0.4 is 0 Å². The second kappa shape index (κ2) is 13.4. The number of hydrogen-bond donors (Lipinski definition) is 0. The fourth-order valence-corrected chi connectivity index (χ4v) is 7.19. The molecule has 0 unspecified atom stereocenters. The summed E-state index contributed by atoms with van der Waals surface area (Å²) < 4.78 is 2.45. The lowest BCUT2D eigenvalue weighted by molar-refractivity contribution is 0.453. The number of hydrogen-bond acceptors (Lipinski definition) is 1. The minimum atomic E-state index is -0.0289. The smallest absolute Gasteiger partial charge is 0.144 e. The van der Waals surface area contributed by atoms with Crippen molar-refractivity contribution in [2.45, 2.75) is 130 Å². The maximum atomic E-state index is 5.21. The molecule has 2 nitrogen and oxygen atoms in total. The molecule has 49 heavy (non-hydrogen) atoms. The molecule has 2 heteroatoms. The molecule has 0 saturated heterocycles. The van der Waals surface area contributed by atoms with E-state index in [0.29, 0.717) is 0 Å². The van der Waals surface area contributed by atoms with Crippen molar-refractivity contribution in [3.63, 3.8) is 0 Å². The summed E-state index contributed by atoms with van der Waals surface area (Å²) in [4.78, 5) is 5.21. The number of imidazole rings is 1. The predicted octanol–water partition coefficient (Wildman–Crippen LogP) is 13.0. The number of nitrogens with zero attached hydrogens (tertiary/aromatic N) is 2. The molecule has 0 bridgehead atoms. The Hall–Kier alpha value is -3.91. The summed E-state index contributed by atoms with van der Waals surface area (Å²) in [5.41, 5.74) is 13.1. The largest absolute Gasteiger partial charge is 0.296 e. The molecule has 0 aliphatic rings. The van der Waals surface area contributed by atoms with Crippen LogP contribution in [-0.2, 0) is 21.7 Å². The molecular weight excluding hydrogens is 593 g/mol. The number of benzene rings is 4. The SMILES string of the molecule is CCCC(C)(C)c1cnc(-c2cccc(C(c3ccc(C(C)(C)C)cc3)c3ccc(C(C)(C)C)cc3)c2)n1-c1ccc(C(C)(C)C)cc1C. The van der Waals surface area contributed by atoms with Gasteiger partial charge in [-0.05, 0) is 80.7 Å². The van der Waals surface area contributed by atoms with E-state index >= 15 is 0 Å². The van der Waals surface area contributed by atoms with Crippen molar-refractivity contribution in [2.75, 3.05) is 0 Å². The van der Waals surface area contributed by atoms with Crippen LogP contribution in [0.1, 0.15) is 146 Å². The van der Waals surface area contributed by atoms with E-state index in [1.165, 1.54) is 50.3 Å². The van der Waals surface area contributed by atoms with Crippen molar-refractivity contribution < 1.29 is 0 Å². The van der Waals surface area contributed by atoms with Gasteiger partial charge in [0.15, 0.2) is 0 Å². The standard InChI is InChI=1S/C47H60N2/c1-14-28-47(12,13)41-31-48-43(49(41)40-27-26-39(29-32(40)2)46(9,10)11)36-17-15-16-35(30-36)42(33-18-22-37(23-19-33)44(3,4)5)34-20-24-38(25-21-34)45(6,7)8/h15-27,29-31,42H,14,28H2,1-13H3. The van der Waals surface area contributed by atoms with Crippen LogP contribution in [0.5, 0.6) is 0 Å². The molecule has 0 aliphatic heterocycles.